The quantitative estimate of drug-likeness (QED) is 0.625. The zero-order valence-electron chi connectivity index (χ0n) is 18.1. The molecule has 1 saturated heterocycles. The zero-order valence-corrected chi connectivity index (χ0v) is 18.1. The second-order valence-corrected chi connectivity index (χ2v) is 8.25. The summed E-state index contributed by atoms with van der Waals surface area (Å²) >= 11 is 0. The van der Waals surface area contributed by atoms with Crippen molar-refractivity contribution in [2.24, 2.45) is 5.73 Å². The summed E-state index contributed by atoms with van der Waals surface area (Å²) < 4.78 is 5.95. The molecule has 0 aliphatic carbocycles. The minimum atomic E-state index is -1.23. The molecule has 1 unspecified atom stereocenters. The van der Waals surface area contributed by atoms with Crippen LogP contribution in [0, 0.1) is 0 Å². The van der Waals surface area contributed by atoms with Crippen LogP contribution >= 0.6 is 0 Å². The van der Waals surface area contributed by atoms with Crippen LogP contribution in [0.2, 0.25) is 0 Å². The van der Waals surface area contributed by atoms with Gasteiger partial charge in [-0.05, 0) is 28.7 Å². The summed E-state index contributed by atoms with van der Waals surface area (Å²) in [6.45, 7) is 0.927. The van der Waals surface area contributed by atoms with Gasteiger partial charge in [-0.2, -0.15) is 0 Å². The lowest BCUT2D eigenvalue weighted by Crippen LogP contribution is -2.61. The van der Waals surface area contributed by atoms with E-state index < -0.39 is 11.5 Å². The molecule has 5 heteroatoms. The molecule has 0 saturated carbocycles. The van der Waals surface area contributed by atoms with Crippen molar-refractivity contribution in [1.82, 2.24) is 4.90 Å². The number of nitrogens with zero attached hydrogens (tertiary/aromatic N) is 1. The van der Waals surface area contributed by atoms with E-state index in [1.54, 1.807) is 4.90 Å². The van der Waals surface area contributed by atoms with Gasteiger partial charge < -0.3 is 15.4 Å². The van der Waals surface area contributed by atoms with Gasteiger partial charge in [0.05, 0.1) is 13.2 Å². The Morgan fingerprint density at radius 1 is 0.875 bits per heavy atom. The number of rotatable bonds is 7. The molecule has 0 radical (unpaired) electrons. The molecular formula is C27H28N2O3. The smallest absolute Gasteiger partial charge is 0.251 e. The van der Waals surface area contributed by atoms with E-state index in [1.807, 2.05) is 78.9 Å². The van der Waals surface area contributed by atoms with Crippen molar-refractivity contribution < 1.29 is 14.3 Å². The third-order valence-corrected chi connectivity index (χ3v) is 5.98. The van der Waals surface area contributed by atoms with Crippen LogP contribution in [-0.2, 0) is 27.2 Å². The number of hydrogen-bond acceptors (Lipinski definition) is 3. The number of carbonyl (C=O) groups excluding carboxylic acids is 2. The lowest BCUT2D eigenvalue weighted by atomic mass is 9.90. The maximum absolute atomic E-state index is 12.9. The summed E-state index contributed by atoms with van der Waals surface area (Å²) in [5.74, 6) is -0.524. The fraction of sp³-hybridized carbons (Fsp3) is 0.259. The second kappa shape index (κ2) is 9.79. The summed E-state index contributed by atoms with van der Waals surface area (Å²) in [5.41, 5.74) is 8.83. The summed E-state index contributed by atoms with van der Waals surface area (Å²) in [6.07, 6.45) is 1.38. The predicted octanol–water partition coefficient (Wildman–Crippen LogP) is 3.61. The van der Waals surface area contributed by atoms with E-state index >= 15 is 0 Å². The molecule has 3 aromatic rings. The Morgan fingerprint density at radius 3 is 2.25 bits per heavy atom. The van der Waals surface area contributed by atoms with E-state index in [-0.39, 0.29) is 12.5 Å². The number of morpholine rings is 1. The fourth-order valence-corrected chi connectivity index (χ4v) is 4.22. The Hall–Kier alpha value is -3.44. The first kappa shape index (κ1) is 21.8. The van der Waals surface area contributed by atoms with Crippen LogP contribution in [0.4, 0.5) is 0 Å². The first-order chi connectivity index (χ1) is 15.6. The van der Waals surface area contributed by atoms with Crippen molar-refractivity contribution in [3.8, 4) is 11.1 Å². The molecule has 2 N–H and O–H groups in total. The number of primary amides is 1. The number of ether oxygens (including phenoxy) is 1. The van der Waals surface area contributed by atoms with Crippen LogP contribution in [0.3, 0.4) is 0 Å². The van der Waals surface area contributed by atoms with Gasteiger partial charge in [-0.1, -0.05) is 84.9 Å². The van der Waals surface area contributed by atoms with Gasteiger partial charge in [-0.3, -0.25) is 9.59 Å². The highest BCUT2D eigenvalue weighted by molar-refractivity contribution is 5.86. The highest BCUT2D eigenvalue weighted by atomic mass is 16.5. The second-order valence-electron chi connectivity index (χ2n) is 8.25. The molecule has 1 atom stereocenters. The minimum Gasteiger partial charge on any atom is -0.367 e. The van der Waals surface area contributed by atoms with Gasteiger partial charge in [0.15, 0.2) is 5.60 Å². The van der Waals surface area contributed by atoms with Crippen molar-refractivity contribution >= 4 is 11.8 Å². The lowest BCUT2D eigenvalue weighted by molar-refractivity contribution is -0.163. The predicted molar refractivity (Wildman–Crippen MR) is 125 cm³/mol. The largest absolute Gasteiger partial charge is 0.367 e. The fourth-order valence-electron chi connectivity index (χ4n) is 4.22. The molecule has 0 bridgehead atoms. The lowest BCUT2D eigenvalue weighted by Gasteiger charge is -2.41. The summed E-state index contributed by atoms with van der Waals surface area (Å²) in [7, 11) is 0. The number of benzene rings is 3. The van der Waals surface area contributed by atoms with Crippen LogP contribution in [0.25, 0.3) is 11.1 Å². The van der Waals surface area contributed by atoms with Gasteiger partial charge >= 0.3 is 0 Å². The maximum Gasteiger partial charge on any atom is 0.251 e. The summed E-state index contributed by atoms with van der Waals surface area (Å²) in [5, 5.41) is 0. The Bertz CT molecular complexity index is 1070. The first-order valence-corrected chi connectivity index (χ1v) is 11.0. The van der Waals surface area contributed by atoms with Gasteiger partial charge in [-0.15, -0.1) is 0 Å². The highest BCUT2D eigenvalue weighted by Crippen LogP contribution is 2.27. The molecule has 0 aromatic heterocycles. The van der Waals surface area contributed by atoms with Crippen molar-refractivity contribution in [1.29, 1.82) is 0 Å². The standard InChI is InChI=1S/C27H28N2O3/c28-26(31)27(19-22-10-7-13-24(18-22)23-11-5-2-6-12-23)20-29(16-17-32-27)25(30)15-14-21-8-3-1-4-9-21/h1-13,18H,14-17,19-20H2,(H2,28,31). The molecule has 164 valence electrons. The molecule has 1 fully saturated rings. The average molecular weight is 429 g/mol. The normalized spacial score (nSPS) is 18.3. The molecule has 32 heavy (non-hydrogen) atoms. The molecule has 3 aromatic carbocycles. The average Bonchev–Trinajstić information content (AvgIpc) is 2.84. The van der Waals surface area contributed by atoms with Crippen LogP contribution in [0.1, 0.15) is 17.5 Å². The van der Waals surface area contributed by atoms with E-state index in [0.29, 0.717) is 32.4 Å². The van der Waals surface area contributed by atoms with Gasteiger partial charge in [0.1, 0.15) is 0 Å². The number of carbonyl (C=O) groups is 2. The molecule has 1 heterocycles. The van der Waals surface area contributed by atoms with Gasteiger partial charge in [0.25, 0.3) is 5.91 Å². The SMILES string of the molecule is NC(=O)C1(Cc2cccc(-c3ccccc3)c2)CN(C(=O)CCc2ccccc2)CCO1. The number of hydrogen-bond donors (Lipinski definition) is 1. The molecule has 2 amide bonds. The van der Waals surface area contributed by atoms with Crippen molar-refractivity contribution in [2.75, 3.05) is 19.7 Å². The van der Waals surface area contributed by atoms with Crippen LogP contribution < -0.4 is 5.73 Å². The molecule has 4 rings (SSSR count). The molecule has 1 aliphatic heterocycles. The Balaban J connectivity index is 1.48. The van der Waals surface area contributed by atoms with Gasteiger partial charge in [0.2, 0.25) is 5.91 Å². The van der Waals surface area contributed by atoms with Crippen molar-refractivity contribution in [2.45, 2.75) is 24.9 Å². The third-order valence-electron chi connectivity index (χ3n) is 5.98. The third kappa shape index (κ3) is 5.06. The van der Waals surface area contributed by atoms with E-state index in [4.69, 9.17) is 10.5 Å². The van der Waals surface area contributed by atoms with Gasteiger partial charge in [0, 0.05) is 19.4 Å². The van der Waals surface area contributed by atoms with E-state index in [9.17, 15) is 9.59 Å². The monoisotopic (exact) mass is 428 g/mol. The van der Waals surface area contributed by atoms with E-state index in [1.165, 1.54) is 0 Å². The van der Waals surface area contributed by atoms with Gasteiger partial charge in [-0.25, -0.2) is 0 Å². The Labute approximate surface area is 188 Å². The number of nitrogens with two attached hydrogens (primary N) is 1. The number of amides is 2. The van der Waals surface area contributed by atoms with Crippen molar-refractivity contribution in [3.05, 3.63) is 96.1 Å². The van der Waals surface area contributed by atoms with E-state index in [2.05, 4.69) is 6.07 Å². The van der Waals surface area contributed by atoms with E-state index in [0.717, 1.165) is 22.3 Å². The minimum absolute atomic E-state index is 0.0146. The zero-order chi connectivity index (χ0) is 22.4. The maximum atomic E-state index is 12.9. The topological polar surface area (TPSA) is 72.6 Å². The Morgan fingerprint density at radius 2 is 1.53 bits per heavy atom. The molecular weight excluding hydrogens is 400 g/mol. The Kier molecular flexibility index (Phi) is 6.66. The molecule has 0 spiro atoms. The van der Waals surface area contributed by atoms with Crippen molar-refractivity contribution in [3.63, 3.8) is 0 Å². The van der Waals surface area contributed by atoms with Crippen LogP contribution in [0.15, 0.2) is 84.9 Å². The van der Waals surface area contributed by atoms with Crippen LogP contribution in [-0.4, -0.2) is 42.0 Å². The highest BCUT2D eigenvalue weighted by Gasteiger charge is 2.43. The molecule has 5 nitrogen and oxygen atoms in total. The first-order valence-electron chi connectivity index (χ1n) is 11.0. The number of aryl methyl sites for hydroxylation is 1. The molecule has 1 aliphatic rings. The van der Waals surface area contributed by atoms with Crippen LogP contribution in [0.5, 0.6) is 0 Å². The summed E-state index contributed by atoms with van der Waals surface area (Å²) in [6, 6.07) is 28.0. The summed E-state index contributed by atoms with van der Waals surface area (Å²) in [4.78, 5) is 27.2.